The van der Waals surface area contributed by atoms with Gasteiger partial charge in [-0.15, -0.1) is 0 Å². The van der Waals surface area contributed by atoms with Crippen LogP contribution in [0.4, 0.5) is 32.6 Å². The molecule has 1 aromatic carbocycles. The molecule has 4 atom stereocenters. The molecule has 2 unspecified atom stereocenters. The van der Waals surface area contributed by atoms with Gasteiger partial charge >= 0.3 is 18.3 Å². The molecule has 0 saturated carbocycles. The molecule has 5 rings (SSSR count). The number of hydrogen-bond acceptors (Lipinski definition) is 7. The fourth-order valence-corrected chi connectivity index (χ4v) is 7.06. The van der Waals surface area contributed by atoms with Gasteiger partial charge in [0.15, 0.2) is 5.82 Å². The number of alkyl halides is 4. The summed E-state index contributed by atoms with van der Waals surface area (Å²) in [4.78, 5) is 26.8. The maximum atomic E-state index is 15.6. The molecule has 4 heterocycles. The number of hydrogen-bond donors (Lipinski definition) is 0. The van der Waals surface area contributed by atoms with Crippen LogP contribution >= 0.6 is 15.9 Å². The van der Waals surface area contributed by atoms with Crippen molar-refractivity contribution in [1.29, 1.82) is 0 Å². The Kier molecular flexibility index (Phi) is 8.04. The number of ether oxygens (including phenoxy) is 2. The van der Waals surface area contributed by atoms with Gasteiger partial charge in [0, 0.05) is 31.9 Å². The van der Waals surface area contributed by atoms with E-state index in [1.807, 2.05) is 11.8 Å². The third-order valence-electron chi connectivity index (χ3n) is 8.54. The highest BCUT2D eigenvalue weighted by molar-refractivity contribution is 9.10. The number of fused-ring (bicyclic) bond motifs is 2. The van der Waals surface area contributed by atoms with Crippen LogP contribution < -0.4 is 9.64 Å². The summed E-state index contributed by atoms with van der Waals surface area (Å²) in [6.45, 7) is 8.58. The quantitative estimate of drug-likeness (QED) is 0.346. The third kappa shape index (κ3) is 5.72. The number of nitrogens with zero attached hydrogens (tertiary/aromatic N) is 5. The van der Waals surface area contributed by atoms with Crippen LogP contribution in [0.5, 0.6) is 6.01 Å². The average Bonchev–Trinajstić information content (AvgIpc) is 3.54. The first-order valence-corrected chi connectivity index (χ1v) is 14.8. The maximum absolute atomic E-state index is 15.6. The molecular weight excluding hydrogens is 629 g/mol. The molecule has 232 valence electrons. The molecule has 0 radical (unpaired) electrons. The van der Waals surface area contributed by atoms with Crippen LogP contribution in [0.2, 0.25) is 0 Å². The zero-order valence-electron chi connectivity index (χ0n) is 24.2. The van der Waals surface area contributed by atoms with Crippen molar-refractivity contribution in [3.05, 3.63) is 21.9 Å². The van der Waals surface area contributed by atoms with E-state index in [2.05, 4.69) is 25.9 Å². The molecular formula is C28H35BrF5N5O3. The largest absolute Gasteiger partial charge is 0.461 e. The smallest absolute Gasteiger partial charge is 0.417 e. The Morgan fingerprint density at radius 3 is 2.62 bits per heavy atom. The van der Waals surface area contributed by atoms with Crippen molar-refractivity contribution in [2.75, 3.05) is 38.2 Å². The van der Waals surface area contributed by atoms with Gasteiger partial charge in [0.05, 0.1) is 27.7 Å². The van der Waals surface area contributed by atoms with E-state index in [1.165, 1.54) is 0 Å². The number of carbonyl (C=O) groups excluding carboxylic acids is 1. The van der Waals surface area contributed by atoms with E-state index in [0.29, 0.717) is 25.9 Å². The molecule has 3 aliphatic rings. The molecule has 42 heavy (non-hydrogen) atoms. The predicted octanol–water partition coefficient (Wildman–Crippen LogP) is 6.34. The number of likely N-dealkylation sites (N-methyl/N-ethyl adjacent to an activating group) is 1. The number of likely N-dealkylation sites (tertiary alicyclic amines) is 1. The number of halogens is 6. The van der Waals surface area contributed by atoms with Crippen LogP contribution in [0.1, 0.15) is 58.9 Å². The topological polar surface area (TPSA) is 71.0 Å². The van der Waals surface area contributed by atoms with Crippen LogP contribution in [0.25, 0.3) is 10.9 Å². The fourth-order valence-electron chi connectivity index (χ4n) is 6.53. The van der Waals surface area contributed by atoms with Crippen molar-refractivity contribution in [2.24, 2.45) is 0 Å². The lowest BCUT2D eigenvalue weighted by Gasteiger charge is -2.33. The number of anilines is 1. The van der Waals surface area contributed by atoms with Crippen molar-refractivity contribution >= 4 is 38.7 Å². The Morgan fingerprint density at radius 1 is 1.24 bits per heavy atom. The Morgan fingerprint density at radius 2 is 1.95 bits per heavy atom. The first kappa shape index (κ1) is 31.0. The van der Waals surface area contributed by atoms with E-state index in [-0.39, 0.29) is 35.4 Å². The van der Waals surface area contributed by atoms with E-state index in [4.69, 9.17) is 9.47 Å². The lowest BCUT2D eigenvalue weighted by atomic mass is 9.95. The Bertz CT molecular complexity index is 1370. The van der Waals surface area contributed by atoms with Gasteiger partial charge in [0.1, 0.15) is 29.7 Å². The summed E-state index contributed by atoms with van der Waals surface area (Å²) in [6, 6.07) is -0.165. The highest BCUT2D eigenvalue weighted by atomic mass is 79.9. The van der Waals surface area contributed by atoms with Crippen LogP contribution in [-0.2, 0) is 10.9 Å². The minimum atomic E-state index is -4.84. The van der Waals surface area contributed by atoms with Crippen LogP contribution in [0, 0.1) is 5.82 Å². The van der Waals surface area contributed by atoms with Crippen molar-refractivity contribution < 1.29 is 36.2 Å². The third-order valence-corrected chi connectivity index (χ3v) is 9.32. The first-order valence-electron chi connectivity index (χ1n) is 14.0. The lowest BCUT2D eigenvalue weighted by molar-refractivity contribution is -0.138. The molecule has 3 saturated heterocycles. The molecule has 0 spiro atoms. The summed E-state index contributed by atoms with van der Waals surface area (Å²) < 4.78 is 82.3. The number of rotatable bonds is 5. The predicted molar refractivity (Wildman–Crippen MR) is 150 cm³/mol. The Labute approximate surface area is 249 Å². The van der Waals surface area contributed by atoms with Crippen LogP contribution in [0.3, 0.4) is 0 Å². The normalized spacial score (nSPS) is 26.6. The maximum Gasteiger partial charge on any atom is 0.417 e. The first-order chi connectivity index (χ1) is 19.5. The van der Waals surface area contributed by atoms with E-state index in [1.54, 1.807) is 37.6 Å². The summed E-state index contributed by atoms with van der Waals surface area (Å²) in [7, 11) is 1.64. The van der Waals surface area contributed by atoms with Gasteiger partial charge in [-0.2, -0.15) is 23.1 Å². The van der Waals surface area contributed by atoms with Crippen LogP contribution in [-0.4, -0.2) is 88.5 Å². The standard InChI is InChI=1S/C28H35BrF5N5O3/c1-15-19(7-10-39(15)25(40)42-26(2,3)4)37(5)23-17-11-18(28(32,33)34)20(29)21(31)22(17)35-24(36-23)41-14-27-8-6-9-38(27)13-16(30)12-27/h11,15-16,19H,6-10,12-14H2,1-5H3/t15?,16-,19?,27+/m1/s1. The van der Waals surface area contributed by atoms with Gasteiger partial charge < -0.3 is 19.3 Å². The molecule has 0 bridgehead atoms. The summed E-state index contributed by atoms with van der Waals surface area (Å²) in [5.41, 5.74) is -2.77. The Hall–Kier alpha value is -2.48. The SMILES string of the molecule is CC1C(N(C)c2nc(OC[C@@]34CCCN3C[C@H](F)C4)nc3c(F)c(Br)c(C(F)(F)F)cc23)CCN1C(=O)OC(C)(C)C. The van der Waals surface area contributed by atoms with Gasteiger partial charge in [-0.3, -0.25) is 4.90 Å². The molecule has 0 N–H and O–H groups in total. The monoisotopic (exact) mass is 663 g/mol. The van der Waals surface area contributed by atoms with Crippen molar-refractivity contribution in [1.82, 2.24) is 19.8 Å². The van der Waals surface area contributed by atoms with E-state index < -0.39 is 51.5 Å². The van der Waals surface area contributed by atoms with Gasteiger partial charge in [-0.1, -0.05) is 0 Å². The van der Waals surface area contributed by atoms with Crippen LogP contribution in [0.15, 0.2) is 10.5 Å². The zero-order chi connectivity index (χ0) is 30.8. The molecule has 3 fully saturated rings. The molecule has 1 amide bonds. The Balaban J connectivity index is 1.53. The van der Waals surface area contributed by atoms with Gasteiger partial charge in [0.25, 0.3) is 0 Å². The van der Waals surface area contributed by atoms with Crippen molar-refractivity contribution in [3.8, 4) is 6.01 Å². The van der Waals surface area contributed by atoms with Crippen molar-refractivity contribution in [2.45, 2.75) is 88.9 Å². The van der Waals surface area contributed by atoms with E-state index >= 15 is 4.39 Å². The van der Waals surface area contributed by atoms with E-state index in [9.17, 15) is 22.4 Å². The highest BCUT2D eigenvalue weighted by Crippen LogP contribution is 2.43. The second kappa shape index (κ2) is 10.9. The van der Waals surface area contributed by atoms with E-state index in [0.717, 1.165) is 25.5 Å². The average molecular weight is 665 g/mol. The lowest BCUT2D eigenvalue weighted by Crippen LogP contribution is -2.46. The minimum absolute atomic E-state index is 0.0327. The molecule has 3 aliphatic heterocycles. The fraction of sp³-hybridized carbons (Fsp3) is 0.679. The minimum Gasteiger partial charge on any atom is -0.461 e. The molecule has 2 aromatic rings. The molecule has 1 aromatic heterocycles. The summed E-state index contributed by atoms with van der Waals surface area (Å²) >= 11 is 2.77. The zero-order valence-corrected chi connectivity index (χ0v) is 25.8. The molecule has 14 heteroatoms. The van der Waals surface area contributed by atoms with Crippen molar-refractivity contribution in [3.63, 3.8) is 0 Å². The summed E-state index contributed by atoms with van der Waals surface area (Å²) in [5.74, 6) is -1.16. The van der Waals surface area contributed by atoms with Gasteiger partial charge in [-0.25, -0.2) is 13.6 Å². The second-order valence-corrected chi connectivity index (χ2v) is 13.3. The highest BCUT2D eigenvalue weighted by Gasteiger charge is 2.49. The molecule has 8 nitrogen and oxygen atoms in total. The summed E-state index contributed by atoms with van der Waals surface area (Å²) in [6.07, 6.45) is -3.95. The number of aromatic nitrogens is 2. The number of benzene rings is 1. The second-order valence-electron chi connectivity index (χ2n) is 12.5. The number of amides is 1. The molecule has 0 aliphatic carbocycles. The van der Waals surface area contributed by atoms with Gasteiger partial charge in [-0.05, 0) is 75.5 Å². The number of carbonyl (C=O) groups is 1. The summed E-state index contributed by atoms with van der Waals surface area (Å²) in [5, 5.41) is -0.147. The van der Waals surface area contributed by atoms with Gasteiger partial charge in [0.2, 0.25) is 0 Å².